The maximum Gasteiger partial charge on any atom is 0.291 e. The van der Waals surface area contributed by atoms with Gasteiger partial charge in [0.05, 0.1) is 12.8 Å². The summed E-state index contributed by atoms with van der Waals surface area (Å²) in [7, 11) is 0. The number of hydrogen-bond acceptors (Lipinski definition) is 5. The summed E-state index contributed by atoms with van der Waals surface area (Å²) in [4.78, 5) is 29.7. The summed E-state index contributed by atoms with van der Waals surface area (Å²) in [5, 5.41) is 5.24. The van der Waals surface area contributed by atoms with E-state index in [1.54, 1.807) is 29.3 Å². The molecule has 6 nitrogen and oxygen atoms in total. The molecule has 2 aromatic heterocycles. The normalized spacial score (nSPS) is 10.4. The number of thiazole rings is 1. The number of nitrogens with one attached hydrogen (secondary N) is 1. The molecular weight excluding hydrogens is 326 g/mol. The zero-order valence-electron chi connectivity index (χ0n) is 12.9. The fraction of sp³-hybridized carbons (Fsp3) is 0.118. The molecule has 3 rings (SSSR count). The van der Waals surface area contributed by atoms with Crippen LogP contribution in [0.1, 0.15) is 23.0 Å². The van der Waals surface area contributed by atoms with Crippen molar-refractivity contribution in [2.75, 3.05) is 10.2 Å². The summed E-state index contributed by atoms with van der Waals surface area (Å²) in [5.74, 6) is -0.163. The van der Waals surface area contributed by atoms with Gasteiger partial charge in [-0.05, 0) is 29.8 Å². The largest absolute Gasteiger partial charge is 0.459 e. The smallest absolute Gasteiger partial charge is 0.291 e. The summed E-state index contributed by atoms with van der Waals surface area (Å²) in [6, 6.07) is 10.6. The number of nitrogens with zero attached hydrogens (tertiary/aromatic N) is 2. The Balaban J connectivity index is 1.75. The molecule has 0 aliphatic carbocycles. The molecule has 24 heavy (non-hydrogen) atoms. The predicted octanol–water partition coefficient (Wildman–Crippen LogP) is 3.54. The van der Waals surface area contributed by atoms with Gasteiger partial charge in [0.25, 0.3) is 5.91 Å². The maximum absolute atomic E-state index is 12.0. The molecule has 1 N–H and O–H groups in total. The summed E-state index contributed by atoms with van der Waals surface area (Å²) in [6.07, 6.45) is 3.11. The first-order valence-corrected chi connectivity index (χ1v) is 8.13. The lowest BCUT2D eigenvalue weighted by Crippen LogP contribution is -2.27. The highest BCUT2D eigenvalue weighted by atomic mass is 32.1. The van der Waals surface area contributed by atoms with Crippen molar-refractivity contribution in [3.05, 3.63) is 65.6 Å². The second-order valence-electron chi connectivity index (χ2n) is 5.05. The topological polar surface area (TPSA) is 75.4 Å². The predicted molar refractivity (Wildman–Crippen MR) is 92.1 cm³/mol. The molecule has 122 valence electrons. The van der Waals surface area contributed by atoms with Gasteiger partial charge < -0.3 is 9.73 Å². The van der Waals surface area contributed by atoms with Gasteiger partial charge in [-0.15, -0.1) is 11.3 Å². The number of hydrogen-bond donors (Lipinski definition) is 1. The lowest BCUT2D eigenvalue weighted by Gasteiger charge is -2.18. The molecule has 0 radical (unpaired) electrons. The molecule has 1 aromatic carbocycles. The highest BCUT2D eigenvalue weighted by molar-refractivity contribution is 7.13. The molecular formula is C17H15N3O3S. The van der Waals surface area contributed by atoms with Gasteiger partial charge in [0, 0.05) is 24.2 Å². The van der Waals surface area contributed by atoms with Crippen molar-refractivity contribution in [1.82, 2.24) is 4.98 Å². The van der Waals surface area contributed by atoms with E-state index < -0.39 is 0 Å². The molecule has 0 unspecified atom stereocenters. The molecule has 2 heterocycles. The van der Waals surface area contributed by atoms with E-state index in [0.29, 0.717) is 17.4 Å². The maximum atomic E-state index is 12.0. The second kappa shape index (κ2) is 7.10. The first-order chi connectivity index (χ1) is 11.6. The van der Waals surface area contributed by atoms with Gasteiger partial charge in [-0.2, -0.15) is 0 Å². The van der Waals surface area contributed by atoms with E-state index in [-0.39, 0.29) is 17.6 Å². The Morgan fingerprint density at radius 2 is 2.17 bits per heavy atom. The molecule has 0 bridgehead atoms. The summed E-state index contributed by atoms with van der Waals surface area (Å²) >= 11 is 1.40. The Kier molecular flexibility index (Phi) is 4.72. The lowest BCUT2D eigenvalue weighted by atomic mass is 10.2. The Bertz CT molecular complexity index is 829. The molecule has 0 atom stereocenters. The molecule has 0 spiro atoms. The number of aromatic nitrogens is 1. The zero-order chi connectivity index (χ0) is 16.9. The van der Waals surface area contributed by atoms with E-state index in [0.717, 1.165) is 5.56 Å². The average Bonchev–Trinajstić information content (AvgIpc) is 3.26. The van der Waals surface area contributed by atoms with Crippen molar-refractivity contribution >= 4 is 34.0 Å². The number of carbonyl (C=O) groups is 2. The van der Waals surface area contributed by atoms with Gasteiger partial charge >= 0.3 is 0 Å². The Hall–Kier alpha value is -2.93. The molecule has 7 heteroatoms. The third-order valence-corrected chi connectivity index (χ3v) is 4.10. The fourth-order valence-electron chi connectivity index (χ4n) is 2.19. The minimum atomic E-state index is -0.319. The highest BCUT2D eigenvalue weighted by Crippen LogP contribution is 2.21. The van der Waals surface area contributed by atoms with Crippen LogP contribution in [0, 0.1) is 0 Å². The van der Waals surface area contributed by atoms with Crippen molar-refractivity contribution in [3.63, 3.8) is 0 Å². The summed E-state index contributed by atoms with van der Waals surface area (Å²) < 4.78 is 5.07. The molecule has 0 fully saturated rings. The van der Waals surface area contributed by atoms with Crippen molar-refractivity contribution in [1.29, 1.82) is 0 Å². The number of furan rings is 1. The van der Waals surface area contributed by atoms with Crippen molar-refractivity contribution < 1.29 is 14.0 Å². The quantitative estimate of drug-likeness (QED) is 0.770. The Morgan fingerprint density at radius 3 is 2.83 bits per heavy atom. The standard InChI is InChI=1S/C17H15N3O3S/c1-12(21)20(17-18-7-9-24-17)11-13-4-2-5-14(10-13)19-16(22)15-6-3-8-23-15/h2-10H,11H2,1H3,(H,19,22). The van der Waals surface area contributed by atoms with E-state index in [1.165, 1.54) is 24.5 Å². The van der Waals surface area contributed by atoms with E-state index in [1.807, 2.05) is 23.6 Å². The molecule has 3 aromatic rings. The van der Waals surface area contributed by atoms with Crippen LogP contribution in [0.25, 0.3) is 0 Å². The molecule has 2 amide bonds. The SMILES string of the molecule is CC(=O)N(Cc1cccc(NC(=O)c2ccco2)c1)c1nccs1. The second-order valence-corrected chi connectivity index (χ2v) is 5.92. The monoisotopic (exact) mass is 341 g/mol. The van der Waals surface area contributed by atoms with Gasteiger partial charge in [0.15, 0.2) is 10.9 Å². The van der Waals surface area contributed by atoms with Crippen LogP contribution in [-0.4, -0.2) is 16.8 Å². The third kappa shape index (κ3) is 3.69. The van der Waals surface area contributed by atoms with E-state index in [4.69, 9.17) is 4.42 Å². The molecule has 0 aliphatic heterocycles. The first-order valence-electron chi connectivity index (χ1n) is 7.25. The average molecular weight is 341 g/mol. The summed E-state index contributed by atoms with van der Waals surface area (Å²) in [6.45, 7) is 1.89. The minimum Gasteiger partial charge on any atom is -0.459 e. The van der Waals surface area contributed by atoms with Gasteiger partial charge in [-0.3, -0.25) is 14.5 Å². The number of rotatable bonds is 5. The highest BCUT2D eigenvalue weighted by Gasteiger charge is 2.15. The van der Waals surface area contributed by atoms with E-state index in [2.05, 4.69) is 10.3 Å². The fourth-order valence-corrected chi connectivity index (χ4v) is 2.88. The Morgan fingerprint density at radius 1 is 1.29 bits per heavy atom. The minimum absolute atomic E-state index is 0.0880. The van der Waals surface area contributed by atoms with Crippen LogP contribution in [0.4, 0.5) is 10.8 Å². The van der Waals surface area contributed by atoms with Crippen molar-refractivity contribution in [2.24, 2.45) is 0 Å². The van der Waals surface area contributed by atoms with Gasteiger partial charge in [0.1, 0.15) is 0 Å². The van der Waals surface area contributed by atoms with Gasteiger partial charge in [-0.1, -0.05) is 12.1 Å². The lowest BCUT2D eigenvalue weighted by molar-refractivity contribution is -0.116. The number of anilines is 2. The van der Waals surface area contributed by atoms with Gasteiger partial charge in [0.2, 0.25) is 5.91 Å². The number of benzene rings is 1. The Labute approximate surface area is 142 Å². The van der Waals surface area contributed by atoms with Crippen LogP contribution in [0.5, 0.6) is 0 Å². The van der Waals surface area contributed by atoms with Crippen molar-refractivity contribution in [3.8, 4) is 0 Å². The van der Waals surface area contributed by atoms with Crippen LogP contribution in [-0.2, 0) is 11.3 Å². The molecule has 0 saturated carbocycles. The number of carbonyl (C=O) groups excluding carboxylic acids is 2. The van der Waals surface area contributed by atoms with Crippen LogP contribution < -0.4 is 10.2 Å². The van der Waals surface area contributed by atoms with Crippen molar-refractivity contribution in [2.45, 2.75) is 13.5 Å². The van der Waals surface area contributed by atoms with Crippen LogP contribution in [0.15, 0.2) is 58.7 Å². The zero-order valence-corrected chi connectivity index (χ0v) is 13.7. The third-order valence-electron chi connectivity index (χ3n) is 3.30. The van der Waals surface area contributed by atoms with E-state index >= 15 is 0 Å². The molecule has 0 aliphatic rings. The van der Waals surface area contributed by atoms with E-state index in [9.17, 15) is 9.59 Å². The van der Waals surface area contributed by atoms with Crippen LogP contribution in [0.2, 0.25) is 0 Å². The summed E-state index contributed by atoms with van der Waals surface area (Å²) in [5.41, 5.74) is 1.52. The van der Waals surface area contributed by atoms with Crippen LogP contribution >= 0.6 is 11.3 Å². The first kappa shape index (κ1) is 15.9. The van der Waals surface area contributed by atoms with Crippen LogP contribution in [0.3, 0.4) is 0 Å². The van der Waals surface area contributed by atoms with Gasteiger partial charge in [-0.25, -0.2) is 4.98 Å². The number of amides is 2. The molecule has 0 saturated heterocycles.